The first kappa shape index (κ1) is 11.6. The Bertz CT molecular complexity index is 458. The molecular weight excluding hydrogens is 234 g/mol. The van der Waals surface area contributed by atoms with E-state index in [1.807, 2.05) is 6.07 Å². The van der Waals surface area contributed by atoms with Gasteiger partial charge in [-0.25, -0.2) is 0 Å². The number of thioether (sulfide) groups is 1. The number of thiocarbonyl (C=S) groups is 1. The molecule has 0 saturated carbocycles. The highest BCUT2D eigenvalue weighted by molar-refractivity contribution is 8.30. The second kappa shape index (κ2) is 4.95. The van der Waals surface area contributed by atoms with Crippen LogP contribution >= 0.6 is 24.0 Å². The third-order valence-electron chi connectivity index (χ3n) is 2.23. The van der Waals surface area contributed by atoms with Crippen molar-refractivity contribution in [1.82, 2.24) is 0 Å². The van der Waals surface area contributed by atoms with E-state index in [9.17, 15) is 0 Å². The molecule has 1 N–H and O–H groups in total. The van der Waals surface area contributed by atoms with Gasteiger partial charge in [0.1, 0.15) is 6.20 Å². The summed E-state index contributed by atoms with van der Waals surface area (Å²) in [7, 11) is 4.18. The number of benzene rings is 1. The summed E-state index contributed by atoms with van der Waals surface area (Å²) in [5.41, 5.74) is 2.41. The minimum Gasteiger partial charge on any atom is -0.313 e. The number of quaternary nitrogens is 1. The van der Waals surface area contributed by atoms with Gasteiger partial charge >= 0.3 is 0 Å². The van der Waals surface area contributed by atoms with Crippen molar-refractivity contribution >= 4 is 33.1 Å². The van der Waals surface area contributed by atoms with Gasteiger partial charge in [0.05, 0.1) is 23.9 Å². The summed E-state index contributed by atoms with van der Waals surface area (Å²) in [6.45, 7) is 0. The van der Waals surface area contributed by atoms with E-state index in [-0.39, 0.29) is 0 Å². The van der Waals surface area contributed by atoms with Crippen LogP contribution in [0.3, 0.4) is 0 Å². The topological polar surface area (TPSA) is 4.44 Å². The van der Waals surface area contributed by atoms with Gasteiger partial charge in [-0.15, -0.1) is 0 Å². The molecule has 0 amide bonds. The molecule has 1 aliphatic rings. The van der Waals surface area contributed by atoms with Crippen molar-refractivity contribution in [3.8, 4) is 0 Å². The van der Waals surface area contributed by atoms with Crippen LogP contribution < -0.4 is 4.90 Å². The number of allylic oxidation sites excluding steroid dienone is 1. The summed E-state index contributed by atoms with van der Waals surface area (Å²) >= 11 is 7.04. The molecule has 0 bridgehead atoms. The summed E-state index contributed by atoms with van der Waals surface area (Å²) in [5, 5.41) is 0. The van der Waals surface area contributed by atoms with Crippen molar-refractivity contribution in [3.63, 3.8) is 0 Å². The van der Waals surface area contributed by atoms with Gasteiger partial charge in [0.15, 0.2) is 0 Å². The molecule has 1 aromatic carbocycles. The predicted octanol–water partition coefficient (Wildman–Crippen LogP) is 2.13. The van der Waals surface area contributed by atoms with Crippen molar-refractivity contribution in [2.24, 2.45) is 0 Å². The molecule has 0 fully saturated rings. The lowest BCUT2D eigenvalue weighted by Crippen LogP contribution is -3.00. The van der Waals surface area contributed by atoms with Crippen LogP contribution in [-0.2, 0) is 0 Å². The zero-order valence-corrected chi connectivity index (χ0v) is 11.0. The molecule has 1 aliphatic heterocycles. The Labute approximate surface area is 106 Å². The lowest BCUT2D eigenvalue weighted by Gasteiger charge is -1.99. The predicted molar refractivity (Wildman–Crippen MR) is 75.5 cm³/mol. The lowest BCUT2D eigenvalue weighted by molar-refractivity contribution is -0.801. The Hall–Kier alpha value is -0.900. The number of nitrogens with one attached hydrogen (secondary N) is 1. The first-order valence-corrected chi connectivity index (χ1v) is 6.40. The molecule has 0 aromatic heterocycles. The van der Waals surface area contributed by atoms with Gasteiger partial charge in [0.2, 0.25) is 0 Å². The molecule has 0 unspecified atom stereocenters. The summed E-state index contributed by atoms with van der Waals surface area (Å²) in [5.74, 6) is 0. The van der Waals surface area contributed by atoms with Crippen molar-refractivity contribution in [2.75, 3.05) is 14.1 Å². The van der Waals surface area contributed by atoms with Crippen molar-refractivity contribution < 1.29 is 4.90 Å². The molecule has 0 spiro atoms. The van der Waals surface area contributed by atoms with Crippen LogP contribution in [0.4, 0.5) is 0 Å². The van der Waals surface area contributed by atoms with Crippen molar-refractivity contribution in [1.29, 1.82) is 0 Å². The molecular formula is C13H14NS2+. The third kappa shape index (κ3) is 2.61. The Kier molecular flexibility index (Phi) is 3.59. The van der Waals surface area contributed by atoms with Gasteiger partial charge in [-0.2, -0.15) is 0 Å². The molecule has 3 heteroatoms. The fraction of sp³-hybridized carbons (Fsp3) is 0.154. The van der Waals surface area contributed by atoms with Crippen LogP contribution in [0.25, 0.3) is 4.91 Å². The highest BCUT2D eigenvalue weighted by Crippen LogP contribution is 2.38. The van der Waals surface area contributed by atoms with Crippen molar-refractivity contribution in [2.45, 2.75) is 0 Å². The fourth-order valence-electron chi connectivity index (χ4n) is 1.54. The second-order valence-electron chi connectivity index (χ2n) is 3.94. The average molecular weight is 248 g/mol. The molecule has 1 nitrogen and oxygen atoms in total. The maximum Gasteiger partial charge on any atom is 0.103 e. The van der Waals surface area contributed by atoms with Crippen LogP contribution in [-0.4, -0.2) is 18.3 Å². The quantitative estimate of drug-likeness (QED) is 0.631. The number of hydrogen-bond donors (Lipinski definition) is 1. The van der Waals surface area contributed by atoms with Gasteiger partial charge in [0.25, 0.3) is 0 Å². The lowest BCUT2D eigenvalue weighted by atomic mass is 10.2. The Morgan fingerprint density at radius 3 is 2.50 bits per heavy atom. The smallest absolute Gasteiger partial charge is 0.103 e. The zero-order chi connectivity index (χ0) is 11.5. The third-order valence-corrected chi connectivity index (χ3v) is 3.71. The SMILES string of the molecule is C[NH+](C)C=C1C=C(c2ccccc2)SC1=S. The van der Waals surface area contributed by atoms with Crippen molar-refractivity contribution in [3.05, 3.63) is 53.7 Å². The molecule has 16 heavy (non-hydrogen) atoms. The maximum atomic E-state index is 5.37. The van der Waals surface area contributed by atoms with E-state index in [1.165, 1.54) is 20.9 Å². The summed E-state index contributed by atoms with van der Waals surface area (Å²) in [6, 6.07) is 10.4. The molecule has 1 aromatic rings. The largest absolute Gasteiger partial charge is 0.313 e. The van der Waals surface area contributed by atoms with E-state index in [1.54, 1.807) is 11.8 Å². The molecule has 2 rings (SSSR count). The highest BCUT2D eigenvalue weighted by Gasteiger charge is 2.18. The van der Waals surface area contributed by atoms with E-state index >= 15 is 0 Å². The van der Waals surface area contributed by atoms with Crippen LogP contribution in [0.2, 0.25) is 0 Å². The van der Waals surface area contributed by atoms with Gasteiger partial charge in [-0.1, -0.05) is 54.3 Å². The minimum atomic E-state index is 0.972. The normalized spacial score (nSPS) is 18.3. The molecule has 0 saturated heterocycles. The Morgan fingerprint density at radius 2 is 1.88 bits per heavy atom. The van der Waals surface area contributed by atoms with Gasteiger partial charge in [-0.3, -0.25) is 0 Å². The molecule has 1 heterocycles. The fourth-order valence-corrected chi connectivity index (χ4v) is 2.81. The molecule has 0 aliphatic carbocycles. The van der Waals surface area contributed by atoms with E-state index in [2.05, 4.69) is 50.6 Å². The van der Waals surface area contributed by atoms with Gasteiger partial charge in [-0.05, 0) is 11.6 Å². The molecule has 0 atom stereocenters. The van der Waals surface area contributed by atoms with Crippen LogP contribution in [0.1, 0.15) is 5.56 Å². The van der Waals surface area contributed by atoms with E-state index in [4.69, 9.17) is 12.2 Å². The number of hydrogen-bond acceptors (Lipinski definition) is 2. The summed E-state index contributed by atoms with van der Waals surface area (Å²) in [4.78, 5) is 2.53. The van der Waals surface area contributed by atoms with Crippen LogP contribution in [0.15, 0.2) is 48.2 Å². The summed E-state index contributed by atoms with van der Waals surface area (Å²) in [6.07, 6.45) is 4.32. The molecule has 82 valence electrons. The first-order valence-electron chi connectivity index (χ1n) is 5.18. The standard InChI is InChI=1S/C13H13NS2/c1-14(2)9-11-8-12(16-13(11)15)10-6-4-3-5-7-10/h3-9H,1-2H3/p+1. The van der Waals surface area contributed by atoms with Gasteiger partial charge < -0.3 is 4.90 Å². The minimum absolute atomic E-state index is 0.972. The van der Waals surface area contributed by atoms with E-state index in [0.29, 0.717) is 0 Å². The maximum absolute atomic E-state index is 5.37. The second-order valence-corrected chi connectivity index (χ2v) is 5.66. The van der Waals surface area contributed by atoms with Crippen LogP contribution in [0, 0.1) is 0 Å². The monoisotopic (exact) mass is 248 g/mol. The Morgan fingerprint density at radius 1 is 1.19 bits per heavy atom. The zero-order valence-electron chi connectivity index (χ0n) is 9.36. The first-order chi connectivity index (χ1) is 7.66. The molecule has 0 radical (unpaired) electrons. The van der Waals surface area contributed by atoms with Crippen LogP contribution in [0.5, 0.6) is 0 Å². The van der Waals surface area contributed by atoms with E-state index < -0.39 is 0 Å². The number of rotatable bonds is 2. The van der Waals surface area contributed by atoms with Gasteiger partial charge in [0, 0.05) is 4.91 Å². The summed E-state index contributed by atoms with van der Waals surface area (Å²) < 4.78 is 0.972. The Balaban J connectivity index is 2.30. The average Bonchev–Trinajstić information content (AvgIpc) is 2.61. The highest BCUT2D eigenvalue weighted by atomic mass is 32.2. The van der Waals surface area contributed by atoms with E-state index in [0.717, 1.165) is 4.20 Å².